The molecule has 2 rings (SSSR count). The Kier molecular flexibility index (Phi) is 4.32. The van der Waals surface area contributed by atoms with E-state index in [1.54, 1.807) is 0 Å². The van der Waals surface area contributed by atoms with Crippen molar-refractivity contribution in [2.75, 3.05) is 12.5 Å². The number of rotatable bonds is 3. The third kappa shape index (κ3) is 1.95. The van der Waals surface area contributed by atoms with Crippen LogP contribution in [-0.4, -0.2) is 32.5 Å². The maximum absolute atomic E-state index is 11.1. The van der Waals surface area contributed by atoms with Crippen molar-refractivity contribution in [2.45, 2.75) is 14.1 Å². The Hall–Kier alpha value is 0.980. The van der Waals surface area contributed by atoms with Gasteiger partial charge in [0.25, 0.3) is 0 Å². The fraction of sp³-hybridized carbons (Fsp3) is 0.500. The molecule has 2 nitrogen and oxygen atoms in total. The van der Waals surface area contributed by atoms with Gasteiger partial charge in [0.05, 0.1) is 10.1 Å². The van der Waals surface area contributed by atoms with Gasteiger partial charge >= 0.3 is 5.97 Å². The molecule has 0 heterocycles. The molecule has 0 aromatic carbocycles. The van der Waals surface area contributed by atoms with Crippen LogP contribution in [0.5, 0.6) is 0 Å². The van der Waals surface area contributed by atoms with Crippen molar-refractivity contribution in [3.63, 3.8) is 0 Å². The lowest BCUT2D eigenvalue weighted by Gasteiger charge is -2.33. The summed E-state index contributed by atoms with van der Waals surface area (Å²) in [4.78, 5) is 8.10. The molecule has 0 radical (unpaired) electrons. The Balaban J connectivity index is 2.37. The van der Waals surface area contributed by atoms with Crippen LogP contribution in [0, 0.1) is 0 Å². The molecule has 0 saturated carbocycles. The van der Waals surface area contributed by atoms with Crippen molar-refractivity contribution in [1.82, 2.24) is 0 Å². The van der Waals surface area contributed by atoms with Gasteiger partial charge in [-0.05, 0) is 5.57 Å². The molecule has 0 aliphatic heterocycles. The number of hydrogen-bond acceptors (Lipinski definition) is 2. The van der Waals surface area contributed by atoms with Gasteiger partial charge in [0.1, 0.15) is 22.2 Å². The zero-order chi connectivity index (χ0) is 14.6. The molecule has 0 aromatic heterocycles. The number of allylic oxidation sites excluding steroid dienone is 3. The zero-order valence-corrected chi connectivity index (χ0v) is 14.2. The summed E-state index contributed by atoms with van der Waals surface area (Å²) in [6.45, 7) is -0.175. The number of ether oxygens (including phenoxy) is 1. The molecule has 0 saturated heterocycles. The van der Waals surface area contributed by atoms with Gasteiger partial charge in [-0.2, -0.15) is 0 Å². The summed E-state index contributed by atoms with van der Waals surface area (Å²) in [6, 6.07) is 0. The highest BCUT2D eigenvalue weighted by atomic mass is 35.5. The largest absolute Gasteiger partial charge is 0.460 e. The molecule has 2 bridgehead atoms. The summed E-state index contributed by atoms with van der Waals surface area (Å²) >= 11 is 42.6. The standard InChI is InChI=1S/C10H5Cl7O2/c11-2-5(18)19-3-4-1-8(14)6(12)7(13)9(4,15)10(8,16)17/h1H,2-3H2. The van der Waals surface area contributed by atoms with Gasteiger partial charge in [0.15, 0.2) is 4.33 Å². The Morgan fingerprint density at radius 2 is 1.74 bits per heavy atom. The number of halogens is 7. The van der Waals surface area contributed by atoms with E-state index in [0.717, 1.165) is 0 Å². The molecule has 0 fully saturated rings. The zero-order valence-electron chi connectivity index (χ0n) is 8.95. The van der Waals surface area contributed by atoms with Gasteiger partial charge in [0.2, 0.25) is 0 Å². The van der Waals surface area contributed by atoms with Crippen molar-refractivity contribution >= 4 is 87.2 Å². The normalized spacial score (nSPS) is 35.6. The molecule has 0 spiro atoms. The number of esters is 1. The van der Waals surface area contributed by atoms with E-state index in [1.165, 1.54) is 6.08 Å². The van der Waals surface area contributed by atoms with E-state index in [2.05, 4.69) is 0 Å². The summed E-state index contributed by atoms with van der Waals surface area (Å²) in [6.07, 6.45) is 1.46. The van der Waals surface area contributed by atoms with Crippen LogP contribution in [-0.2, 0) is 9.53 Å². The van der Waals surface area contributed by atoms with E-state index >= 15 is 0 Å². The second-order valence-electron chi connectivity index (χ2n) is 4.04. The highest BCUT2D eigenvalue weighted by molar-refractivity contribution is 6.66. The Morgan fingerprint density at radius 1 is 1.16 bits per heavy atom. The van der Waals surface area contributed by atoms with Crippen LogP contribution in [0.3, 0.4) is 0 Å². The quantitative estimate of drug-likeness (QED) is 0.392. The molecule has 0 N–H and O–H groups in total. The van der Waals surface area contributed by atoms with Gasteiger partial charge < -0.3 is 4.74 Å². The molecule has 2 unspecified atom stereocenters. The third-order valence-electron chi connectivity index (χ3n) is 3.02. The van der Waals surface area contributed by atoms with Gasteiger partial charge in [-0.3, -0.25) is 4.79 Å². The molecule has 0 aromatic rings. The van der Waals surface area contributed by atoms with Crippen LogP contribution >= 0.6 is 81.2 Å². The van der Waals surface area contributed by atoms with Crippen LogP contribution in [0.1, 0.15) is 0 Å². The van der Waals surface area contributed by atoms with E-state index in [1.807, 2.05) is 0 Å². The number of hydrogen-bond donors (Lipinski definition) is 0. The van der Waals surface area contributed by atoms with Gasteiger partial charge in [-0.25, -0.2) is 0 Å². The summed E-state index contributed by atoms with van der Waals surface area (Å²) < 4.78 is 3.21. The predicted molar refractivity (Wildman–Crippen MR) is 80.1 cm³/mol. The van der Waals surface area contributed by atoms with Crippen molar-refractivity contribution in [2.24, 2.45) is 0 Å². The van der Waals surface area contributed by atoms with Crippen molar-refractivity contribution in [1.29, 1.82) is 0 Å². The van der Waals surface area contributed by atoms with E-state index in [-0.39, 0.29) is 22.6 Å². The second kappa shape index (κ2) is 5.01. The highest BCUT2D eigenvalue weighted by Gasteiger charge is 2.75. The summed E-state index contributed by atoms with van der Waals surface area (Å²) in [5, 5.41) is 0.0820. The molecule has 2 aliphatic rings. The fourth-order valence-corrected chi connectivity index (χ4v) is 4.63. The topological polar surface area (TPSA) is 26.3 Å². The van der Waals surface area contributed by atoms with Crippen LogP contribution in [0.2, 0.25) is 0 Å². The van der Waals surface area contributed by atoms with Crippen LogP contribution in [0.15, 0.2) is 21.7 Å². The van der Waals surface area contributed by atoms with E-state index in [9.17, 15) is 4.79 Å². The molecule has 2 aliphatic carbocycles. The Bertz CT molecular complexity index is 512. The SMILES string of the molecule is O=C(CCl)OCC1=CC2(Cl)C(Cl)=C(Cl)C1(Cl)C2(Cl)Cl. The molecule has 9 heteroatoms. The third-order valence-corrected chi connectivity index (χ3v) is 7.33. The molecule has 0 amide bonds. The maximum Gasteiger partial charge on any atom is 0.321 e. The first-order valence-electron chi connectivity index (χ1n) is 4.88. The highest BCUT2D eigenvalue weighted by Crippen LogP contribution is 2.71. The molecular formula is C10H5Cl7O2. The lowest BCUT2D eigenvalue weighted by atomic mass is 10.0. The number of alkyl halides is 5. The number of fused-ring (bicyclic) bond motifs is 2. The minimum absolute atomic E-state index is 0.0234. The smallest absolute Gasteiger partial charge is 0.321 e. The summed E-state index contributed by atoms with van der Waals surface area (Å²) in [7, 11) is 0. The fourth-order valence-electron chi connectivity index (χ4n) is 2.01. The Morgan fingerprint density at radius 3 is 2.16 bits per heavy atom. The lowest BCUT2D eigenvalue weighted by molar-refractivity contribution is -0.139. The van der Waals surface area contributed by atoms with Crippen LogP contribution in [0.4, 0.5) is 0 Å². The average molecular weight is 405 g/mol. The van der Waals surface area contributed by atoms with Crippen molar-refractivity contribution in [3.8, 4) is 0 Å². The maximum atomic E-state index is 11.1. The average Bonchev–Trinajstić information content (AvgIpc) is 2.57. The molecule has 106 valence electrons. The minimum Gasteiger partial charge on any atom is -0.460 e. The van der Waals surface area contributed by atoms with Gasteiger partial charge in [-0.15, -0.1) is 34.8 Å². The van der Waals surface area contributed by atoms with Crippen molar-refractivity contribution < 1.29 is 9.53 Å². The molecule has 19 heavy (non-hydrogen) atoms. The monoisotopic (exact) mass is 402 g/mol. The van der Waals surface area contributed by atoms with E-state index in [0.29, 0.717) is 5.57 Å². The van der Waals surface area contributed by atoms with Gasteiger partial charge in [-0.1, -0.05) is 52.5 Å². The summed E-state index contributed by atoms with van der Waals surface area (Å²) in [5.41, 5.74) is 0.363. The molecule has 2 atom stereocenters. The van der Waals surface area contributed by atoms with E-state index in [4.69, 9.17) is 85.9 Å². The van der Waals surface area contributed by atoms with E-state index < -0.39 is 20.1 Å². The van der Waals surface area contributed by atoms with Crippen molar-refractivity contribution in [3.05, 3.63) is 21.7 Å². The Labute approximate surface area is 144 Å². The second-order valence-corrected chi connectivity index (χ2v) is 7.55. The lowest BCUT2D eigenvalue weighted by Crippen LogP contribution is -2.45. The molecular weight excluding hydrogens is 400 g/mol. The van der Waals surface area contributed by atoms with Crippen LogP contribution < -0.4 is 0 Å². The van der Waals surface area contributed by atoms with Gasteiger partial charge in [0, 0.05) is 0 Å². The predicted octanol–water partition coefficient (Wildman–Crippen LogP) is 4.54. The summed E-state index contributed by atoms with van der Waals surface area (Å²) in [5.74, 6) is -0.901. The first-order valence-corrected chi connectivity index (χ1v) is 7.68. The first-order chi connectivity index (χ1) is 8.63. The minimum atomic E-state index is -1.68. The first kappa shape index (κ1) is 16.4. The number of carbonyl (C=O) groups is 1. The van der Waals surface area contributed by atoms with Crippen LogP contribution in [0.25, 0.3) is 0 Å². The number of carbonyl (C=O) groups excluding carboxylic acids is 1.